The first-order valence-electron chi connectivity index (χ1n) is 8.99. The van der Waals surface area contributed by atoms with Gasteiger partial charge in [0, 0.05) is 44.5 Å². The number of carbonyl (C=O) groups is 1. The highest BCUT2D eigenvalue weighted by Crippen LogP contribution is 2.30. The summed E-state index contributed by atoms with van der Waals surface area (Å²) in [5.74, 6) is -1.03. The highest BCUT2D eigenvalue weighted by Gasteiger charge is 2.37. The number of rotatable bonds is 3. The summed E-state index contributed by atoms with van der Waals surface area (Å²) in [6.45, 7) is 6.41. The molecule has 0 radical (unpaired) electrons. The van der Waals surface area contributed by atoms with Crippen LogP contribution >= 0.6 is 0 Å². The fraction of sp³-hybridized carbons (Fsp3) is 0.706. The number of amides is 1. The number of alkyl halides is 3. The molecule has 6 nitrogen and oxygen atoms in total. The van der Waals surface area contributed by atoms with Gasteiger partial charge in [-0.3, -0.25) is 4.79 Å². The van der Waals surface area contributed by atoms with Crippen molar-refractivity contribution in [3.63, 3.8) is 0 Å². The maximum Gasteiger partial charge on any atom is 0.451 e. The Kier molecular flexibility index (Phi) is 5.36. The highest BCUT2D eigenvalue weighted by molar-refractivity contribution is 5.83. The second kappa shape index (κ2) is 7.38. The van der Waals surface area contributed by atoms with E-state index in [0.29, 0.717) is 25.3 Å². The van der Waals surface area contributed by atoms with Gasteiger partial charge in [-0.05, 0) is 18.8 Å². The number of nitrogens with zero attached hydrogens (tertiary/aromatic N) is 4. The Bertz CT molecular complexity index is 658. The number of hydrogen-bond donors (Lipinski definition) is 1. The molecule has 2 fully saturated rings. The molecule has 9 heteroatoms. The second-order valence-electron chi connectivity index (χ2n) is 7.11. The molecule has 1 unspecified atom stereocenters. The summed E-state index contributed by atoms with van der Waals surface area (Å²) in [5, 5.41) is 3.18. The van der Waals surface area contributed by atoms with Crippen LogP contribution in [0, 0.1) is 0 Å². The number of aromatic nitrogens is 2. The first-order chi connectivity index (χ1) is 12.3. The van der Waals surface area contributed by atoms with E-state index in [4.69, 9.17) is 0 Å². The molecule has 1 atom stereocenters. The third-order valence-electron chi connectivity index (χ3n) is 4.79. The van der Waals surface area contributed by atoms with E-state index in [9.17, 15) is 18.0 Å². The molecule has 144 valence electrons. The topological polar surface area (TPSA) is 61.4 Å². The minimum Gasteiger partial charge on any atom is -0.353 e. The van der Waals surface area contributed by atoms with Crippen LogP contribution in [0.2, 0.25) is 0 Å². The fourth-order valence-electron chi connectivity index (χ4n) is 3.32. The van der Waals surface area contributed by atoms with Crippen LogP contribution in [0.25, 0.3) is 0 Å². The van der Waals surface area contributed by atoms with Gasteiger partial charge in [-0.25, -0.2) is 9.97 Å². The van der Waals surface area contributed by atoms with Gasteiger partial charge >= 0.3 is 6.18 Å². The maximum atomic E-state index is 13.2. The molecule has 1 N–H and O–H groups in total. The predicted octanol–water partition coefficient (Wildman–Crippen LogP) is 2.02. The van der Waals surface area contributed by atoms with Crippen LogP contribution in [0.3, 0.4) is 0 Å². The van der Waals surface area contributed by atoms with Crippen molar-refractivity contribution in [3.05, 3.63) is 17.6 Å². The molecule has 0 spiro atoms. The summed E-state index contributed by atoms with van der Waals surface area (Å²) >= 11 is 0. The average molecular weight is 371 g/mol. The lowest BCUT2D eigenvalue weighted by molar-refractivity contribution is -0.145. The van der Waals surface area contributed by atoms with E-state index in [1.807, 2.05) is 4.90 Å². The summed E-state index contributed by atoms with van der Waals surface area (Å²) < 4.78 is 39.5. The molecule has 2 saturated heterocycles. The van der Waals surface area contributed by atoms with Gasteiger partial charge < -0.3 is 15.1 Å². The van der Waals surface area contributed by atoms with E-state index in [-0.39, 0.29) is 17.6 Å². The van der Waals surface area contributed by atoms with Crippen molar-refractivity contribution in [1.82, 2.24) is 20.2 Å². The molecule has 3 rings (SSSR count). The fourth-order valence-corrected chi connectivity index (χ4v) is 3.32. The van der Waals surface area contributed by atoms with Gasteiger partial charge in [0.15, 0.2) is 0 Å². The van der Waals surface area contributed by atoms with Crippen LogP contribution in [-0.4, -0.2) is 59.5 Å². The normalized spacial score (nSPS) is 21.5. The number of piperazine rings is 1. The van der Waals surface area contributed by atoms with E-state index >= 15 is 0 Å². The van der Waals surface area contributed by atoms with E-state index in [1.165, 1.54) is 0 Å². The summed E-state index contributed by atoms with van der Waals surface area (Å²) in [7, 11) is 0. The lowest BCUT2D eigenvalue weighted by atomic mass is 10.1. The summed E-state index contributed by atoms with van der Waals surface area (Å²) in [5.41, 5.74) is 0.350. The predicted molar refractivity (Wildman–Crippen MR) is 90.9 cm³/mol. The standard InChI is InChI=1S/C17H24F3N5O/c1-11(2)12-9-14(23-16(22-12)17(18,19)20)25-8-5-21-13(10-25)15(26)24-6-3-4-7-24/h9,11,13,21H,3-8,10H2,1-2H3. The smallest absolute Gasteiger partial charge is 0.353 e. The molecule has 26 heavy (non-hydrogen) atoms. The van der Waals surface area contributed by atoms with Gasteiger partial charge in [-0.15, -0.1) is 0 Å². The van der Waals surface area contributed by atoms with Crippen molar-refractivity contribution >= 4 is 11.7 Å². The third-order valence-corrected chi connectivity index (χ3v) is 4.79. The van der Waals surface area contributed by atoms with Gasteiger partial charge in [0.05, 0.1) is 0 Å². The van der Waals surface area contributed by atoms with Gasteiger partial charge in [0.2, 0.25) is 11.7 Å². The third kappa shape index (κ3) is 4.08. The first kappa shape index (κ1) is 18.9. The molecule has 1 aromatic rings. The minimum atomic E-state index is -4.60. The zero-order valence-corrected chi connectivity index (χ0v) is 15.0. The number of nitrogens with one attached hydrogen (secondary N) is 1. The summed E-state index contributed by atoms with van der Waals surface area (Å²) in [6.07, 6.45) is -2.60. The molecule has 2 aliphatic heterocycles. The van der Waals surface area contributed by atoms with E-state index in [2.05, 4.69) is 15.3 Å². The van der Waals surface area contributed by atoms with Crippen LogP contribution in [0.4, 0.5) is 19.0 Å². The Balaban J connectivity index is 1.83. The maximum absolute atomic E-state index is 13.2. The van der Waals surface area contributed by atoms with E-state index in [1.54, 1.807) is 24.8 Å². The molecule has 3 heterocycles. The largest absolute Gasteiger partial charge is 0.451 e. The van der Waals surface area contributed by atoms with Crippen LogP contribution in [0.15, 0.2) is 6.07 Å². The second-order valence-corrected chi connectivity index (χ2v) is 7.11. The number of carbonyl (C=O) groups excluding carboxylic acids is 1. The quantitative estimate of drug-likeness (QED) is 0.881. The molecular weight excluding hydrogens is 347 g/mol. The molecule has 0 saturated carbocycles. The average Bonchev–Trinajstić information content (AvgIpc) is 3.14. The Morgan fingerprint density at radius 1 is 1.23 bits per heavy atom. The van der Waals surface area contributed by atoms with Crippen LogP contribution in [-0.2, 0) is 11.0 Å². The minimum absolute atomic E-state index is 0.0152. The monoisotopic (exact) mass is 371 g/mol. The van der Waals surface area contributed by atoms with Crippen molar-refractivity contribution < 1.29 is 18.0 Å². The number of likely N-dealkylation sites (tertiary alicyclic amines) is 1. The number of anilines is 1. The SMILES string of the molecule is CC(C)c1cc(N2CCNC(C(=O)N3CCCC3)C2)nc(C(F)(F)F)n1. The van der Waals surface area contributed by atoms with Crippen LogP contribution in [0.5, 0.6) is 0 Å². The van der Waals surface area contributed by atoms with Gasteiger partial charge in [0.1, 0.15) is 11.9 Å². The Morgan fingerprint density at radius 2 is 1.92 bits per heavy atom. The summed E-state index contributed by atoms with van der Waals surface area (Å²) in [4.78, 5) is 23.6. The lowest BCUT2D eigenvalue weighted by Crippen LogP contribution is -2.57. The first-order valence-corrected chi connectivity index (χ1v) is 8.99. The van der Waals surface area contributed by atoms with Crippen molar-refractivity contribution in [1.29, 1.82) is 0 Å². The molecule has 1 amide bonds. The van der Waals surface area contributed by atoms with Gasteiger partial charge in [-0.2, -0.15) is 13.2 Å². The van der Waals surface area contributed by atoms with E-state index in [0.717, 1.165) is 25.9 Å². The summed E-state index contributed by atoms with van der Waals surface area (Å²) in [6, 6.07) is 1.18. The van der Waals surface area contributed by atoms with Crippen LogP contribution in [0.1, 0.15) is 44.1 Å². The van der Waals surface area contributed by atoms with Crippen molar-refractivity contribution in [3.8, 4) is 0 Å². The molecule has 2 aliphatic rings. The molecular formula is C17H24F3N5O. The zero-order chi connectivity index (χ0) is 18.9. The lowest BCUT2D eigenvalue weighted by Gasteiger charge is -2.35. The van der Waals surface area contributed by atoms with Gasteiger partial charge in [-0.1, -0.05) is 13.8 Å². The van der Waals surface area contributed by atoms with Gasteiger partial charge in [0.25, 0.3) is 0 Å². The molecule has 0 aromatic carbocycles. The molecule has 0 bridgehead atoms. The molecule has 0 aliphatic carbocycles. The Hall–Kier alpha value is -1.90. The zero-order valence-electron chi connectivity index (χ0n) is 15.0. The van der Waals surface area contributed by atoms with Crippen LogP contribution < -0.4 is 10.2 Å². The number of halogens is 3. The Labute approximate surface area is 150 Å². The van der Waals surface area contributed by atoms with Crippen molar-refractivity contribution in [2.75, 3.05) is 37.6 Å². The van der Waals surface area contributed by atoms with E-state index < -0.39 is 18.0 Å². The van der Waals surface area contributed by atoms with Crippen molar-refractivity contribution in [2.45, 2.75) is 44.8 Å². The Morgan fingerprint density at radius 3 is 2.54 bits per heavy atom. The van der Waals surface area contributed by atoms with Crippen molar-refractivity contribution in [2.24, 2.45) is 0 Å². The number of hydrogen-bond acceptors (Lipinski definition) is 5. The highest BCUT2D eigenvalue weighted by atomic mass is 19.4. The molecule has 1 aromatic heterocycles.